The number of benzene rings is 3. The van der Waals surface area contributed by atoms with Gasteiger partial charge in [0.05, 0.1) is 12.0 Å². The number of carbonyl (C=O) groups is 1. The normalized spacial score (nSPS) is 12.1. The summed E-state index contributed by atoms with van der Waals surface area (Å²) in [4.78, 5) is 23.9. The first-order valence-corrected chi connectivity index (χ1v) is 11.0. The zero-order chi connectivity index (χ0) is 23.0. The van der Waals surface area contributed by atoms with Crippen LogP contribution < -0.4 is 10.4 Å². The molecule has 0 bridgehead atoms. The number of hydrogen-bond donors (Lipinski definition) is 2. The minimum Gasteiger partial charge on any atom is -0.348 e. The van der Waals surface area contributed by atoms with Gasteiger partial charge in [-0.2, -0.15) is 4.99 Å². The molecule has 3 aromatic carbocycles. The number of H-pyrrole nitrogens is 1. The number of carbonyl (C=O) groups excluding carboxylic acids is 1. The van der Waals surface area contributed by atoms with Crippen LogP contribution in [0.3, 0.4) is 0 Å². The molecule has 0 saturated carbocycles. The van der Waals surface area contributed by atoms with Gasteiger partial charge in [-0.25, -0.2) is 10.4 Å². The molecule has 0 fully saturated rings. The maximum atomic E-state index is 12.6. The molecule has 1 unspecified atom stereocenters. The van der Waals surface area contributed by atoms with Crippen LogP contribution in [0.5, 0.6) is 0 Å². The van der Waals surface area contributed by atoms with E-state index in [1.165, 1.54) is 6.34 Å². The maximum Gasteiger partial charge on any atom is 0.278 e. The molecule has 0 aliphatic heterocycles. The molecule has 0 aliphatic rings. The molecule has 2 N–H and O–H groups in total. The SMILES string of the molecule is CC(Cc1cnc[nH]1)NN(C=NC(=O)c1cccc(Cl)c1)c1ccc(-c2ccccc2)cc1. The molecular weight excluding hydrogens is 434 g/mol. The first-order valence-electron chi connectivity index (χ1n) is 10.6. The second-order valence-electron chi connectivity index (χ2n) is 7.65. The Morgan fingerprint density at radius 1 is 1.09 bits per heavy atom. The van der Waals surface area contributed by atoms with E-state index in [0.717, 1.165) is 28.9 Å². The van der Waals surface area contributed by atoms with Gasteiger partial charge in [-0.3, -0.25) is 9.80 Å². The minimum absolute atomic E-state index is 0.0481. The van der Waals surface area contributed by atoms with Gasteiger partial charge in [-0.15, -0.1) is 0 Å². The Balaban J connectivity index is 1.55. The van der Waals surface area contributed by atoms with Gasteiger partial charge < -0.3 is 4.98 Å². The van der Waals surface area contributed by atoms with Gasteiger partial charge in [-0.05, 0) is 48.4 Å². The first-order chi connectivity index (χ1) is 16.1. The minimum atomic E-state index is -0.369. The van der Waals surface area contributed by atoms with Crippen LogP contribution in [0.1, 0.15) is 23.0 Å². The van der Waals surface area contributed by atoms with E-state index in [-0.39, 0.29) is 11.9 Å². The number of aliphatic imine (C=N–C) groups is 1. The summed E-state index contributed by atoms with van der Waals surface area (Å²) in [5.41, 5.74) is 7.96. The van der Waals surface area contributed by atoms with Crippen molar-refractivity contribution in [2.75, 3.05) is 5.01 Å². The van der Waals surface area contributed by atoms with Crippen LogP contribution in [0.4, 0.5) is 5.69 Å². The molecule has 166 valence electrons. The molecule has 0 spiro atoms. The van der Waals surface area contributed by atoms with E-state index in [2.05, 4.69) is 39.4 Å². The van der Waals surface area contributed by atoms with Crippen molar-refractivity contribution in [1.82, 2.24) is 15.4 Å². The lowest BCUT2D eigenvalue weighted by Crippen LogP contribution is -2.44. The van der Waals surface area contributed by atoms with Gasteiger partial charge in [0.15, 0.2) is 0 Å². The lowest BCUT2D eigenvalue weighted by Gasteiger charge is -2.25. The Bertz CT molecular complexity index is 1210. The average molecular weight is 458 g/mol. The number of halogens is 1. The third kappa shape index (κ3) is 6.16. The third-order valence-electron chi connectivity index (χ3n) is 5.06. The van der Waals surface area contributed by atoms with E-state index in [1.54, 1.807) is 41.8 Å². The Morgan fingerprint density at radius 2 is 1.85 bits per heavy atom. The number of hydrazine groups is 1. The van der Waals surface area contributed by atoms with Crippen molar-refractivity contribution in [3.8, 4) is 11.1 Å². The van der Waals surface area contributed by atoms with Gasteiger partial charge in [0.25, 0.3) is 5.91 Å². The first kappa shape index (κ1) is 22.5. The lowest BCUT2D eigenvalue weighted by molar-refractivity contribution is 0.100. The summed E-state index contributed by atoms with van der Waals surface area (Å²) in [5.74, 6) is -0.369. The second kappa shape index (κ2) is 10.7. The smallest absolute Gasteiger partial charge is 0.278 e. The van der Waals surface area contributed by atoms with Gasteiger partial charge in [-0.1, -0.05) is 60.1 Å². The highest BCUT2D eigenvalue weighted by molar-refractivity contribution is 6.31. The number of nitrogens with zero attached hydrogens (tertiary/aromatic N) is 3. The molecule has 1 atom stereocenters. The van der Waals surface area contributed by atoms with Crippen molar-refractivity contribution in [2.24, 2.45) is 4.99 Å². The second-order valence-corrected chi connectivity index (χ2v) is 8.09. The van der Waals surface area contributed by atoms with Crippen LogP contribution in [0.2, 0.25) is 5.02 Å². The molecule has 7 heteroatoms. The molecule has 1 amide bonds. The van der Waals surface area contributed by atoms with E-state index in [9.17, 15) is 4.79 Å². The van der Waals surface area contributed by atoms with Gasteiger partial charge >= 0.3 is 0 Å². The number of amides is 1. The number of aromatic amines is 1. The molecule has 1 aromatic heterocycles. The quantitative estimate of drug-likeness (QED) is 0.207. The number of rotatable bonds is 8. The summed E-state index contributed by atoms with van der Waals surface area (Å²) < 4.78 is 0. The number of aromatic nitrogens is 2. The van der Waals surface area contributed by atoms with Crippen LogP contribution in [0, 0.1) is 0 Å². The molecule has 4 aromatic rings. The topological polar surface area (TPSA) is 73.4 Å². The fourth-order valence-corrected chi connectivity index (χ4v) is 3.63. The molecule has 0 radical (unpaired) electrons. The molecule has 6 nitrogen and oxygen atoms in total. The largest absolute Gasteiger partial charge is 0.348 e. The van der Waals surface area contributed by atoms with Crippen LogP contribution in [0.15, 0.2) is 96.4 Å². The number of hydrogen-bond acceptors (Lipinski definition) is 3. The Morgan fingerprint density at radius 3 is 2.55 bits per heavy atom. The summed E-state index contributed by atoms with van der Waals surface area (Å²) in [6, 6.07) is 25.1. The maximum absolute atomic E-state index is 12.6. The van der Waals surface area contributed by atoms with Crippen molar-refractivity contribution in [1.29, 1.82) is 0 Å². The van der Waals surface area contributed by atoms with Crippen LogP contribution in [-0.4, -0.2) is 28.3 Å². The van der Waals surface area contributed by atoms with Crippen molar-refractivity contribution >= 4 is 29.5 Å². The number of imidazole rings is 1. The third-order valence-corrected chi connectivity index (χ3v) is 5.29. The summed E-state index contributed by atoms with van der Waals surface area (Å²) >= 11 is 6.01. The molecule has 33 heavy (non-hydrogen) atoms. The van der Waals surface area contributed by atoms with E-state index in [1.807, 2.05) is 42.5 Å². The van der Waals surface area contributed by atoms with Gasteiger partial charge in [0.1, 0.15) is 6.34 Å². The van der Waals surface area contributed by atoms with Crippen molar-refractivity contribution < 1.29 is 4.79 Å². The van der Waals surface area contributed by atoms with E-state index >= 15 is 0 Å². The van der Waals surface area contributed by atoms with Crippen molar-refractivity contribution in [2.45, 2.75) is 19.4 Å². The fraction of sp³-hybridized carbons (Fsp3) is 0.115. The van der Waals surface area contributed by atoms with Crippen LogP contribution in [0.25, 0.3) is 11.1 Å². The Hall–Kier alpha value is -3.74. The predicted molar refractivity (Wildman–Crippen MR) is 134 cm³/mol. The highest BCUT2D eigenvalue weighted by atomic mass is 35.5. The monoisotopic (exact) mass is 457 g/mol. The van der Waals surface area contributed by atoms with Crippen molar-refractivity contribution in [3.05, 3.63) is 108 Å². The summed E-state index contributed by atoms with van der Waals surface area (Å²) in [7, 11) is 0. The van der Waals surface area contributed by atoms with E-state index in [4.69, 9.17) is 11.6 Å². The highest BCUT2D eigenvalue weighted by Crippen LogP contribution is 2.22. The molecular formula is C26H24ClN5O. The molecule has 1 heterocycles. The summed E-state index contributed by atoms with van der Waals surface area (Å²) in [5, 5.41) is 2.26. The zero-order valence-electron chi connectivity index (χ0n) is 18.1. The summed E-state index contributed by atoms with van der Waals surface area (Å²) in [6.07, 6.45) is 5.69. The fourth-order valence-electron chi connectivity index (χ4n) is 3.44. The lowest BCUT2D eigenvalue weighted by atomic mass is 10.1. The predicted octanol–water partition coefficient (Wildman–Crippen LogP) is 5.54. The van der Waals surface area contributed by atoms with Gasteiger partial charge in [0, 0.05) is 34.9 Å². The Kier molecular flexibility index (Phi) is 7.29. The number of anilines is 1. The standard InChI is InChI=1S/C26H24ClN5O/c1-19(14-24-16-28-17-29-24)31-32(18-30-26(33)22-8-5-9-23(27)15-22)25-12-10-21(11-13-25)20-6-3-2-4-7-20/h2-13,15-19,31H,14H2,1H3,(H,28,29). The highest BCUT2D eigenvalue weighted by Gasteiger charge is 2.12. The molecule has 0 aliphatic carbocycles. The zero-order valence-corrected chi connectivity index (χ0v) is 18.9. The summed E-state index contributed by atoms with van der Waals surface area (Å²) in [6.45, 7) is 2.05. The van der Waals surface area contributed by atoms with Crippen LogP contribution >= 0.6 is 11.6 Å². The average Bonchev–Trinajstić information content (AvgIpc) is 3.35. The van der Waals surface area contributed by atoms with E-state index in [0.29, 0.717) is 10.6 Å². The Labute approximate surface area is 197 Å². The molecule has 0 saturated heterocycles. The van der Waals surface area contributed by atoms with E-state index < -0.39 is 0 Å². The van der Waals surface area contributed by atoms with Crippen LogP contribution in [-0.2, 0) is 6.42 Å². The van der Waals surface area contributed by atoms with Gasteiger partial charge in [0.2, 0.25) is 0 Å². The number of nitrogens with one attached hydrogen (secondary N) is 2. The van der Waals surface area contributed by atoms with Crippen molar-refractivity contribution in [3.63, 3.8) is 0 Å². The molecule has 4 rings (SSSR count).